The van der Waals surface area contributed by atoms with E-state index < -0.39 is 0 Å². The smallest absolute Gasteiger partial charge is 0.246 e. The number of methoxy groups -OCH3 is 1. The van der Waals surface area contributed by atoms with Gasteiger partial charge in [-0.25, -0.2) is 0 Å². The molecule has 2 aromatic heterocycles. The van der Waals surface area contributed by atoms with Gasteiger partial charge in [0.1, 0.15) is 6.61 Å². The van der Waals surface area contributed by atoms with Crippen LogP contribution in [0.3, 0.4) is 0 Å². The van der Waals surface area contributed by atoms with E-state index in [9.17, 15) is 4.79 Å². The van der Waals surface area contributed by atoms with E-state index in [1.807, 2.05) is 11.7 Å². The van der Waals surface area contributed by atoms with Crippen LogP contribution in [0.1, 0.15) is 29.1 Å². The first kappa shape index (κ1) is 17.6. The van der Waals surface area contributed by atoms with Gasteiger partial charge in [0.2, 0.25) is 5.91 Å². The summed E-state index contributed by atoms with van der Waals surface area (Å²) in [5.74, 6) is -0.126. The fraction of sp³-hybridized carbons (Fsp3) is 0.588. The number of hydrogen-bond acceptors (Lipinski definition) is 5. The molecule has 0 radical (unpaired) electrons. The molecule has 3 heterocycles. The van der Waals surface area contributed by atoms with Crippen LogP contribution in [0.25, 0.3) is 0 Å². The minimum Gasteiger partial charge on any atom is -0.375 e. The van der Waals surface area contributed by atoms with Crippen LogP contribution >= 0.6 is 0 Å². The van der Waals surface area contributed by atoms with Crippen molar-refractivity contribution in [1.29, 1.82) is 0 Å². The predicted molar refractivity (Wildman–Crippen MR) is 92.6 cm³/mol. The first-order valence-corrected chi connectivity index (χ1v) is 8.58. The van der Waals surface area contributed by atoms with E-state index >= 15 is 0 Å². The van der Waals surface area contributed by atoms with E-state index in [0.717, 1.165) is 44.0 Å². The molecule has 1 aliphatic rings. The van der Waals surface area contributed by atoms with Gasteiger partial charge in [0, 0.05) is 52.1 Å². The Morgan fingerprint density at radius 2 is 2.20 bits per heavy atom. The van der Waals surface area contributed by atoms with Crippen LogP contribution < -0.4 is 5.32 Å². The summed E-state index contributed by atoms with van der Waals surface area (Å²) >= 11 is 0. The Hall–Kier alpha value is -2.19. The van der Waals surface area contributed by atoms with E-state index in [-0.39, 0.29) is 12.5 Å². The van der Waals surface area contributed by atoms with Crippen molar-refractivity contribution in [3.05, 3.63) is 34.9 Å². The molecule has 0 unspecified atom stereocenters. The first-order valence-electron chi connectivity index (χ1n) is 8.58. The summed E-state index contributed by atoms with van der Waals surface area (Å²) in [6, 6.07) is 2.08. The lowest BCUT2D eigenvalue weighted by atomic mass is 10.2. The number of amides is 1. The van der Waals surface area contributed by atoms with Gasteiger partial charge in [-0.2, -0.15) is 10.2 Å². The molecule has 8 nitrogen and oxygen atoms in total. The third-order valence-corrected chi connectivity index (χ3v) is 4.39. The van der Waals surface area contributed by atoms with Crippen molar-refractivity contribution in [1.82, 2.24) is 29.8 Å². The zero-order valence-electron chi connectivity index (χ0n) is 15.2. The second kappa shape index (κ2) is 7.79. The number of ether oxygens (including phenoxy) is 1. The number of hydrogen-bond donors (Lipinski definition) is 1. The van der Waals surface area contributed by atoms with E-state index in [2.05, 4.69) is 44.3 Å². The number of aromatic nitrogens is 4. The maximum absolute atomic E-state index is 11.5. The highest BCUT2D eigenvalue weighted by molar-refractivity contribution is 5.77. The maximum Gasteiger partial charge on any atom is 0.246 e. The van der Waals surface area contributed by atoms with Crippen LogP contribution in [0, 0.1) is 6.92 Å². The molecule has 0 fully saturated rings. The van der Waals surface area contributed by atoms with Crippen molar-refractivity contribution >= 4 is 5.91 Å². The Morgan fingerprint density at radius 1 is 1.36 bits per heavy atom. The summed E-state index contributed by atoms with van der Waals surface area (Å²) in [5.41, 5.74) is 4.43. The lowest BCUT2D eigenvalue weighted by Gasteiger charge is -2.18. The molecule has 3 rings (SSSR count). The van der Waals surface area contributed by atoms with E-state index in [1.54, 1.807) is 0 Å². The van der Waals surface area contributed by atoms with Gasteiger partial charge in [-0.05, 0) is 19.4 Å². The molecule has 2 aromatic rings. The summed E-state index contributed by atoms with van der Waals surface area (Å²) in [6.45, 7) is 6.26. The highest BCUT2D eigenvalue weighted by atomic mass is 16.5. The van der Waals surface area contributed by atoms with Crippen molar-refractivity contribution in [2.75, 3.05) is 20.3 Å². The van der Waals surface area contributed by atoms with E-state index in [1.165, 1.54) is 18.4 Å². The molecule has 25 heavy (non-hydrogen) atoms. The van der Waals surface area contributed by atoms with E-state index in [4.69, 9.17) is 4.74 Å². The maximum atomic E-state index is 11.5. The van der Waals surface area contributed by atoms with Crippen LogP contribution in [0.2, 0.25) is 0 Å². The van der Waals surface area contributed by atoms with Crippen LogP contribution in [-0.2, 0) is 42.8 Å². The Balaban J connectivity index is 1.64. The van der Waals surface area contributed by atoms with Gasteiger partial charge in [0.25, 0.3) is 0 Å². The third-order valence-electron chi connectivity index (χ3n) is 4.39. The number of aryl methyl sites for hydroxylation is 3. The van der Waals surface area contributed by atoms with Crippen LogP contribution in [0.5, 0.6) is 0 Å². The fourth-order valence-corrected chi connectivity index (χ4v) is 3.23. The minimum absolute atomic E-state index is 0.0752. The van der Waals surface area contributed by atoms with Crippen molar-refractivity contribution < 1.29 is 9.53 Å². The number of nitrogens with one attached hydrogen (secondary N) is 1. The highest BCUT2D eigenvalue weighted by Crippen LogP contribution is 2.17. The molecule has 0 aromatic carbocycles. The van der Waals surface area contributed by atoms with Crippen molar-refractivity contribution in [3.63, 3.8) is 0 Å². The average molecular weight is 346 g/mol. The Bertz CT molecular complexity index is 736. The van der Waals surface area contributed by atoms with Gasteiger partial charge >= 0.3 is 0 Å². The molecule has 136 valence electrons. The summed E-state index contributed by atoms with van der Waals surface area (Å²) in [6.07, 6.45) is 3.15. The third kappa shape index (κ3) is 4.46. The van der Waals surface area contributed by atoms with Crippen LogP contribution in [0.4, 0.5) is 0 Å². The zero-order valence-corrected chi connectivity index (χ0v) is 15.2. The highest BCUT2D eigenvalue weighted by Gasteiger charge is 2.18. The van der Waals surface area contributed by atoms with Gasteiger partial charge in [-0.15, -0.1) is 0 Å². The Morgan fingerprint density at radius 3 is 2.92 bits per heavy atom. The number of nitrogens with zero attached hydrogens (tertiary/aromatic N) is 5. The number of carbonyl (C=O) groups excluding carboxylic acids is 1. The second-order valence-electron chi connectivity index (χ2n) is 6.54. The van der Waals surface area contributed by atoms with E-state index in [0.29, 0.717) is 6.54 Å². The zero-order chi connectivity index (χ0) is 17.8. The molecule has 0 aliphatic carbocycles. The summed E-state index contributed by atoms with van der Waals surface area (Å²) in [4.78, 5) is 13.9. The molecular formula is C17H26N6O2. The standard InChI is InChI=1S/C17H26N6O2/c1-13-14(9-21(2)19-13)10-22-5-4-6-23-16(11-22)7-15(20-23)8-18-17(24)12-25-3/h7,9H,4-6,8,10-12H2,1-3H3,(H,18,24). The van der Waals surface area contributed by atoms with Gasteiger partial charge in [0.15, 0.2) is 0 Å². The van der Waals surface area contributed by atoms with Gasteiger partial charge in [-0.3, -0.25) is 19.1 Å². The largest absolute Gasteiger partial charge is 0.375 e. The summed E-state index contributed by atoms with van der Waals surface area (Å²) in [5, 5.41) is 11.9. The lowest BCUT2D eigenvalue weighted by Crippen LogP contribution is -2.26. The second-order valence-corrected chi connectivity index (χ2v) is 6.54. The van der Waals surface area contributed by atoms with Crippen molar-refractivity contribution in [3.8, 4) is 0 Å². The van der Waals surface area contributed by atoms with Crippen molar-refractivity contribution in [2.24, 2.45) is 7.05 Å². The molecule has 1 amide bonds. The number of rotatable bonds is 6. The number of carbonyl (C=O) groups is 1. The Kier molecular flexibility index (Phi) is 5.50. The van der Waals surface area contributed by atoms with Gasteiger partial charge in [-0.1, -0.05) is 0 Å². The number of fused-ring (bicyclic) bond motifs is 1. The molecule has 8 heteroatoms. The lowest BCUT2D eigenvalue weighted by molar-refractivity contribution is -0.124. The molecule has 1 aliphatic heterocycles. The molecule has 0 atom stereocenters. The van der Waals surface area contributed by atoms with Crippen molar-refractivity contribution in [2.45, 2.75) is 39.5 Å². The van der Waals surface area contributed by atoms with Crippen LogP contribution in [-0.4, -0.2) is 50.6 Å². The molecule has 1 N–H and O–H groups in total. The normalized spacial score (nSPS) is 15.0. The van der Waals surface area contributed by atoms with Gasteiger partial charge < -0.3 is 10.1 Å². The van der Waals surface area contributed by atoms with Crippen LogP contribution in [0.15, 0.2) is 12.3 Å². The van der Waals surface area contributed by atoms with Gasteiger partial charge in [0.05, 0.1) is 23.6 Å². The quantitative estimate of drug-likeness (QED) is 0.829. The molecule has 0 bridgehead atoms. The topological polar surface area (TPSA) is 77.2 Å². The SMILES string of the molecule is COCC(=O)NCc1cc2n(n1)CCCN(Cc1cn(C)nc1C)C2. The monoisotopic (exact) mass is 346 g/mol. The summed E-state index contributed by atoms with van der Waals surface area (Å²) in [7, 11) is 3.47. The first-order chi connectivity index (χ1) is 12.0. The predicted octanol–water partition coefficient (Wildman–Crippen LogP) is 0.594. The molecular weight excluding hydrogens is 320 g/mol. The Labute approximate surface area is 147 Å². The minimum atomic E-state index is -0.126. The molecule has 0 spiro atoms. The molecule has 0 saturated carbocycles. The molecule has 0 saturated heterocycles. The summed E-state index contributed by atoms with van der Waals surface area (Å²) < 4.78 is 8.75. The fourth-order valence-electron chi connectivity index (χ4n) is 3.23. The average Bonchev–Trinajstić information content (AvgIpc) is 3.02.